The van der Waals surface area contributed by atoms with Crippen molar-refractivity contribution in [1.82, 2.24) is 5.32 Å². The van der Waals surface area contributed by atoms with Crippen molar-refractivity contribution in [2.24, 2.45) is 5.41 Å². The topological polar surface area (TPSA) is 38.3 Å². The lowest BCUT2D eigenvalue weighted by Crippen LogP contribution is -2.39. The Morgan fingerprint density at radius 3 is 2.88 bits per heavy atom. The highest BCUT2D eigenvalue weighted by Gasteiger charge is 2.27. The predicted molar refractivity (Wildman–Crippen MR) is 72.5 cm³/mol. The first-order chi connectivity index (χ1) is 8.09. The summed E-state index contributed by atoms with van der Waals surface area (Å²) in [6.45, 7) is 4.54. The molecule has 1 aromatic heterocycles. The molecule has 0 saturated carbocycles. The maximum Gasteiger partial charge on any atom is 0.252 e. The van der Waals surface area contributed by atoms with Crippen molar-refractivity contribution in [3.05, 3.63) is 20.8 Å². The van der Waals surface area contributed by atoms with Gasteiger partial charge in [-0.1, -0.05) is 6.92 Å². The summed E-state index contributed by atoms with van der Waals surface area (Å²) in [7, 11) is 0. The molecule has 1 amide bonds. The zero-order valence-electron chi connectivity index (χ0n) is 9.79. The Balaban J connectivity index is 1.87. The summed E-state index contributed by atoms with van der Waals surface area (Å²) in [5, 5.41) is 4.88. The van der Waals surface area contributed by atoms with Crippen molar-refractivity contribution >= 4 is 33.2 Å². The molecule has 2 heterocycles. The monoisotopic (exact) mass is 317 g/mol. The number of carbonyl (C=O) groups is 1. The van der Waals surface area contributed by atoms with E-state index in [2.05, 4.69) is 28.2 Å². The minimum absolute atomic E-state index is 0.0136. The zero-order chi connectivity index (χ0) is 12.3. The normalized spacial score (nSPS) is 18.9. The molecule has 2 rings (SSSR count). The molecule has 1 aromatic rings. The van der Waals surface area contributed by atoms with Crippen molar-refractivity contribution < 1.29 is 9.53 Å². The lowest BCUT2D eigenvalue weighted by Gasteiger charge is -2.33. The van der Waals surface area contributed by atoms with E-state index in [1.54, 1.807) is 0 Å². The molecule has 1 aliphatic rings. The molecule has 0 aromatic carbocycles. The number of ether oxygens (including phenoxy) is 1. The van der Waals surface area contributed by atoms with E-state index in [0.29, 0.717) is 0 Å². The smallest absolute Gasteiger partial charge is 0.252 e. The summed E-state index contributed by atoms with van der Waals surface area (Å²) in [4.78, 5) is 11.9. The minimum atomic E-state index is 0.0136. The lowest BCUT2D eigenvalue weighted by molar-refractivity contribution is 0.0238. The molecule has 5 heteroatoms. The highest BCUT2D eigenvalue weighted by atomic mass is 79.9. The summed E-state index contributed by atoms with van der Waals surface area (Å²) in [6, 6.07) is 1.85. The molecule has 3 nitrogen and oxygen atoms in total. The summed E-state index contributed by atoms with van der Waals surface area (Å²) >= 11 is 4.89. The number of halogens is 1. The van der Waals surface area contributed by atoms with Gasteiger partial charge in [0, 0.05) is 25.1 Å². The third-order valence-electron chi connectivity index (χ3n) is 3.21. The van der Waals surface area contributed by atoms with Crippen LogP contribution in [0.1, 0.15) is 30.1 Å². The standard InChI is InChI=1S/C12H16BrNO2S/c1-12(2-4-16-5-3-12)8-14-11(15)9-6-10(13)17-7-9/h6-7H,2-5,8H2,1H3,(H,14,15). The molecule has 0 bridgehead atoms. The van der Waals surface area contributed by atoms with E-state index in [0.717, 1.165) is 42.0 Å². The van der Waals surface area contributed by atoms with E-state index in [-0.39, 0.29) is 11.3 Å². The third kappa shape index (κ3) is 3.53. The molecular formula is C12H16BrNO2S. The van der Waals surface area contributed by atoms with Gasteiger partial charge in [-0.3, -0.25) is 4.79 Å². The number of nitrogens with one attached hydrogen (secondary N) is 1. The van der Waals surface area contributed by atoms with Gasteiger partial charge in [-0.2, -0.15) is 0 Å². The van der Waals surface area contributed by atoms with Crippen LogP contribution < -0.4 is 5.32 Å². The van der Waals surface area contributed by atoms with Crippen LogP contribution in [0.3, 0.4) is 0 Å². The molecule has 0 spiro atoms. The van der Waals surface area contributed by atoms with Gasteiger partial charge in [0.1, 0.15) is 0 Å². The van der Waals surface area contributed by atoms with Gasteiger partial charge >= 0.3 is 0 Å². The molecule has 17 heavy (non-hydrogen) atoms. The first kappa shape index (κ1) is 13.1. The molecule has 0 radical (unpaired) electrons. The molecular weight excluding hydrogens is 302 g/mol. The summed E-state index contributed by atoms with van der Waals surface area (Å²) < 4.78 is 6.33. The highest BCUT2D eigenvalue weighted by molar-refractivity contribution is 9.11. The van der Waals surface area contributed by atoms with Crippen molar-refractivity contribution in [2.45, 2.75) is 19.8 Å². The number of amides is 1. The van der Waals surface area contributed by atoms with Gasteiger partial charge in [0.25, 0.3) is 5.91 Å². The summed E-state index contributed by atoms with van der Waals surface area (Å²) in [6.07, 6.45) is 2.03. The Kier molecular flexibility index (Phi) is 4.22. The van der Waals surface area contributed by atoms with Crippen LogP contribution in [0.25, 0.3) is 0 Å². The molecule has 1 saturated heterocycles. The maximum absolute atomic E-state index is 11.9. The molecule has 1 fully saturated rings. The number of hydrogen-bond donors (Lipinski definition) is 1. The van der Waals surface area contributed by atoms with Gasteiger partial charge in [0.2, 0.25) is 0 Å². The highest BCUT2D eigenvalue weighted by Crippen LogP contribution is 2.29. The molecule has 94 valence electrons. The number of rotatable bonds is 3. The van der Waals surface area contributed by atoms with Crippen LogP contribution in [-0.2, 0) is 4.74 Å². The molecule has 1 aliphatic heterocycles. The van der Waals surface area contributed by atoms with Crippen LogP contribution in [0.4, 0.5) is 0 Å². The van der Waals surface area contributed by atoms with E-state index < -0.39 is 0 Å². The lowest BCUT2D eigenvalue weighted by atomic mass is 9.82. The fourth-order valence-corrected chi connectivity index (χ4v) is 3.00. The number of carbonyl (C=O) groups excluding carboxylic acids is 1. The van der Waals surface area contributed by atoms with Crippen molar-refractivity contribution in [3.8, 4) is 0 Å². The predicted octanol–water partition coefficient (Wildman–Crippen LogP) is 3.06. The number of thiophene rings is 1. The van der Waals surface area contributed by atoms with Gasteiger partial charge in [-0.15, -0.1) is 11.3 Å². The molecule has 0 unspecified atom stereocenters. The fraction of sp³-hybridized carbons (Fsp3) is 0.583. The number of hydrogen-bond acceptors (Lipinski definition) is 3. The summed E-state index contributed by atoms with van der Waals surface area (Å²) in [5.41, 5.74) is 0.916. The van der Waals surface area contributed by atoms with Crippen LogP contribution in [0.2, 0.25) is 0 Å². The van der Waals surface area contributed by atoms with Crippen LogP contribution in [0.15, 0.2) is 15.2 Å². The van der Waals surface area contributed by atoms with Crippen LogP contribution in [0, 0.1) is 5.41 Å². The largest absolute Gasteiger partial charge is 0.381 e. The van der Waals surface area contributed by atoms with Crippen molar-refractivity contribution in [2.75, 3.05) is 19.8 Å². The Hall–Kier alpha value is -0.390. The van der Waals surface area contributed by atoms with Gasteiger partial charge < -0.3 is 10.1 Å². The van der Waals surface area contributed by atoms with Gasteiger partial charge in [-0.05, 0) is 40.3 Å². The average molecular weight is 318 g/mol. The Morgan fingerprint density at radius 2 is 2.29 bits per heavy atom. The molecule has 1 N–H and O–H groups in total. The molecule has 0 atom stereocenters. The van der Waals surface area contributed by atoms with E-state index in [4.69, 9.17) is 4.74 Å². The minimum Gasteiger partial charge on any atom is -0.381 e. The Bertz CT molecular complexity index is 399. The van der Waals surface area contributed by atoms with E-state index in [1.807, 2.05) is 11.4 Å². The Labute approximate surface area is 114 Å². The first-order valence-electron chi connectivity index (χ1n) is 5.69. The van der Waals surface area contributed by atoms with E-state index in [9.17, 15) is 4.79 Å². The fourth-order valence-electron chi connectivity index (χ4n) is 1.87. The van der Waals surface area contributed by atoms with Crippen LogP contribution >= 0.6 is 27.3 Å². The summed E-state index contributed by atoms with van der Waals surface area (Å²) in [5.74, 6) is 0.0136. The van der Waals surface area contributed by atoms with E-state index in [1.165, 1.54) is 11.3 Å². The average Bonchev–Trinajstić information content (AvgIpc) is 2.74. The van der Waals surface area contributed by atoms with Crippen molar-refractivity contribution in [3.63, 3.8) is 0 Å². The van der Waals surface area contributed by atoms with Gasteiger partial charge in [0.15, 0.2) is 0 Å². The SMILES string of the molecule is CC1(CNC(=O)c2csc(Br)c2)CCOCC1. The second kappa shape index (κ2) is 5.50. The quantitative estimate of drug-likeness (QED) is 0.930. The maximum atomic E-state index is 11.9. The Morgan fingerprint density at radius 1 is 1.59 bits per heavy atom. The zero-order valence-corrected chi connectivity index (χ0v) is 12.2. The third-order valence-corrected chi connectivity index (χ3v) is 4.71. The van der Waals surface area contributed by atoms with Crippen LogP contribution in [-0.4, -0.2) is 25.7 Å². The van der Waals surface area contributed by atoms with E-state index >= 15 is 0 Å². The first-order valence-corrected chi connectivity index (χ1v) is 7.36. The van der Waals surface area contributed by atoms with Crippen LogP contribution in [0.5, 0.6) is 0 Å². The second-order valence-electron chi connectivity index (χ2n) is 4.75. The van der Waals surface area contributed by atoms with Crippen molar-refractivity contribution in [1.29, 1.82) is 0 Å². The van der Waals surface area contributed by atoms with Gasteiger partial charge in [-0.25, -0.2) is 0 Å². The second-order valence-corrected chi connectivity index (χ2v) is 7.04. The molecule has 0 aliphatic carbocycles. The van der Waals surface area contributed by atoms with Gasteiger partial charge in [0.05, 0.1) is 9.35 Å².